The summed E-state index contributed by atoms with van der Waals surface area (Å²) in [5, 5.41) is 11.7. The van der Waals surface area contributed by atoms with Gasteiger partial charge in [0.1, 0.15) is 5.82 Å². The monoisotopic (exact) mass is 1840 g/mol. The molecule has 2 N–H and O–H groups in total. The van der Waals surface area contributed by atoms with E-state index >= 15 is 0 Å². The summed E-state index contributed by atoms with van der Waals surface area (Å²) in [7, 11) is 0. The van der Waals surface area contributed by atoms with Crippen LogP contribution in [0.15, 0.2) is 304 Å². The average molecular weight is 1840 g/mol. The smallest absolute Gasteiger partial charge is 0.388 e. The van der Waals surface area contributed by atoms with E-state index in [9.17, 15) is 35.8 Å². The fourth-order valence-electron chi connectivity index (χ4n) is 16.3. The third-order valence-electron chi connectivity index (χ3n) is 24.6. The molecule has 14 aromatic rings. The number of pyridine rings is 1. The molecular weight excluding hydrogens is 1690 g/mol. The number of halogens is 7. The van der Waals surface area contributed by atoms with Crippen LogP contribution in [0.2, 0.25) is 0 Å². The van der Waals surface area contributed by atoms with Crippen molar-refractivity contribution in [2.24, 2.45) is 23.7 Å². The first-order chi connectivity index (χ1) is 65.3. The Hall–Kier alpha value is -11.1. The minimum Gasteiger partial charge on any atom is -0.388 e. The van der Waals surface area contributed by atoms with Gasteiger partial charge in [0, 0.05) is 53.8 Å². The lowest BCUT2D eigenvalue weighted by molar-refractivity contribution is -0.138. The normalized spacial score (nSPS) is 15.8. The first kappa shape index (κ1) is 111. The molecule has 722 valence electrons. The molecule has 7 nitrogen and oxygen atoms in total. The number of imidazole rings is 1. The number of fused-ring (bicyclic) bond motifs is 4. The summed E-state index contributed by atoms with van der Waals surface area (Å²) in [6.07, 6.45) is 29.3. The minimum atomic E-state index is -4.22. The van der Waals surface area contributed by atoms with E-state index in [1.165, 1.54) is 171 Å². The van der Waals surface area contributed by atoms with E-state index < -0.39 is 23.5 Å². The number of aryl methyl sites for hydroxylation is 8. The zero-order valence-electron chi connectivity index (χ0n) is 82.9. The number of rotatable bonds is 20. The average Bonchev–Trinajstić information content (AvgIpc) is 1.65. The number of aromatic amines is 1. The molecule has 4 atom stereocenters. The largest absolute Gasteiger partial charge is 0.416 e. The van der Waals surface area contributed by atoms with Crippen LogP contribution >= 0.6 is 0 Å². The maximum absolute atomic E-state index is 12.8. The van der Waals surface area contributed by atoms with Crippen molar-refractivity contribution in [2.75, 3.05) is 0 Å². The summed E-state index contributed by atoms with van der Waals surface area (Å²) in [5.41, 5.74) is 16.6. The Labute approximate surface area is 805 Å². The number of benzene rings is 10. The van der Waals surface area contributed by atoms with E-state index in [1.807, 2.05) is 118 Å². The van der Waals surface area contributed by atoms with E-state index in [1.54, 1.807) is 29.3 Å². The Kier molecular flexibility index (Phi) is 50.7. The Balaban J connectivity index is 0.000000200. The lowest BCUT2D eigenvalue weighted by Gasteiger charge is -2.32. The highest BCUT2D eigenvalue weighted by Gasteiger charge is 2.34. The van der Waals surface area contributed by atoms with Gasteiger partial charge in [-0.15, -0.1) is 0 Å². The molecule has 0 amide bonds. The molecule has 4 aromatic heterocycles. The summed E-state index contributed by atoms with van der Waals surface area (Å²) >= 11 is 0. The number of hydrogen-bond acceptors (Lipinski definition) is 3. The second kappa shape index (κ2) is 61.8. The maximum Gasteiger partial charge on any atom is 0.416 e. The van der Waals surface area contributed by atoms with Crippen LogP contribution in [0.5, 0.6) is 0 Å². The number of H-pyrrole nitrogens is 1. The van der Waals surface area contributed by atoms with Gasteiger partial charge in [-0.2, -0.15) is 26.3 Å². The quantitative estimate of drug-likeness (QED) is 0.0590. The van der Waals surface area contributed by atoms with Crippen LogP contribution in [0.25, 0.3) is 37.7 Å². The number of hydrogen-bond donors (Lipinski definition) is 2. The van der Waals surface area contributed by atoms with Crippen LogP contribution < -0.4 is 0 Å². The van der Waals surface area contributed by atoms with Crippen molar-refractivity contribution >= 4 is 38.5 Å². The number of aromatic nitrogens is 5. The number of nitrogens with one attached hydrogen (secondary N) is 1. The van der Waals surface area contributed by atoms with Crippen LogP contribution in [0.4, 0.5) is 36.4 Å². The SMILES string of the molecule is CC1CC(c2ccccc2)C1.CC1CCCc2ccccc21.CCC(O)c1ccccc1.CCC1CC1.CCCC1CC1.CCCc1ccc(C(F)(F)F)cc1.CCCc1ccccc1C(F)(F)F.CCCc1ccccn1.CCCn1ccc2ccccc21.CCCn1cnc2ccccc21.CCc1c[nH]c2ccc(F)cc12.C[C@H]1C[C@@H]1c1ccccc1.[C-]#[N+]c1ccc(CCC)cc1. The summed E-state index contributed by atoms with van der Waals surface area (Å²) in [5.74, 6) is 6.54. The van der Waals surface area contributed by atoms with Gasteiger partial charge in [-0.1, -0.05) is 372 Å². The molecule has 14 heteroatoms. The van der Waals surface area contributed by atoms with Crippen molar-refractivity contribution in [1.29, 1.82) is 0 Å². The van der Waals surface area contributed by atoms with Crippen LogP contribution in [0.3, 0.4) is 0 Å². The van der Waals surface area contributed by atoms with Crippen LogP contribution in [-0.2, 0) is 64.0 Å². The fourth-order valence-corrected chi connectivity index (χ4v) is 16.3. The molecule has 4 saturated carbocycles. The predicted octanol–water partition coefficient (Wildman–Crippen LogP) is 36.2. The van der Waals surface area contributed by atoms with Crippen molar-refractivity contribution in [3.8, 4) is 0 Å². The molecule has 0 bridgehead atoms. The van der Waals surface area contributed by atoms with Gasteiger partial charge in [-0.3, -0.25) is 4.98 Å². The Morgan fingerprint density at radius 1 is 0.496 bits per heavy atom. The molecule has 0 spiro atoms. The molecule has 19 rings (SSSR count). The molecule has 4 heterocycles. The van der Waals surface area contributed by atoms with Gasteiger partial charge in [0.15, 0.2) is 5.69 Å². The number of alkyl halides is 6. The maximum atomic E-state index is 12.8. The zero-order chi connectivity index (χ0) is 97.6. The highest BCUT2D eigenvalue weighted by molar-refractivity contribution is 5.83. The molecule has 0 saturated heterocycles. The summed E-state index contributed by atoms with van der Waals surface area (Å²) in [6.45, 7) is 37.0. The molecule has 135 heavy (non-hydrogen) atoms. The van der Waals surface area contributed by atoms with E-state index in [-0.39, 0.29) is 11.9 Å². The third kappa shape index (κ3) is 41.5. The van der Waals surface area contributed by atoms with Crippen molar-refractivity contribution in [3.63, 3.8) is 0 Å². The molecule has 0 aliphatic heterocycles. The lowest BCUT2D eigenvalue weighted by atomic mass is 9.72. The van der Waals surface area contributed by atoms with E-state index in [4.69, 9.17) is 6.57 Å². The van der Waals surface area contributed by atoms with Gasteiger partial charge >= 0.3 is 12.4 Å². The van der Waals surface area contributed by atoms with E-state index in [0.717, 1.165) is 164 Å². The van der Waals surface area contributed by atoms with Gasteiger partial charge in [-0.05, 0) is 254 Å². The van der Waals surface area contributed by atoms with Crippen LogP contribution in [-0.4, -0.2) is 29.2 Å². The number of aliphatic hydroxyl groups is 1. The Bertz CT molecular complexity index is 5370. The van der Waals surface area contributed by atoms with Crippen LogP contribution in [0, 0.1) is 36.1 Å². The van der Waals surface area contributed by atoms with Crippen molar-refractivity contribution in [3.05, 3.63) is 388 Å². The fraction of sp³-hybridized carbons (Fsp3) is 0.413. The van der Waals surface area contributed by atoms with Crippen molar-refractivity contribution in [1.82, 2.24) is 24.1 Å². The molecule has 0 radical (unpaired) electrons. The standard InChI is InChI=1S/C11H13N.2C11H14.2C10H11F3.C10H10FN.C10H12N2.C10H11N.C10H12.C9H12O.C8H11N.C6H12.C5H10/c1-2-8-12-9-7-10-5-3-4-6-11(10)12;1-9-5-4-7-10-6-2-3-8-11(9)10;1-9-7-11(8-9)10-5-3-2-4-6-10;1-2-5-8-6-3-4-7-9(8)10(11,12)13;1-2-3-8-4-6-9(7-5-8)10(11,12)13;1-2-7-6-12-10-4-3-8(11)5-9(7)10;1-2-7-12-8-11-9-5-3-4-6-10(9)12;1-3-4-9-5-7-10(11-2)8-6-9;1-8-7-10(8)9-5-3-2-4-6-9;1-2-9(10)8-6-4-3-5-7-8;1-2-5-8-6-3-4-7-9-8;1-2-3-6-4-5-6;1-2-5-3-4-5/h3-7,9H,2,8H2,1H3;2-3,6,8-9H,4-5,7H2,1H3;2-6,9,11H,7-8H2,1H3;3-4,6-7H,2,5H2,1H3;4-7H,2-3H2,1H3;3-6,12H,2H2,1H3;3-6,8H,2,7H2,1H3;5-8H,3-4H2,1H3;2-6,8,10H,7H2,1H3;3-7,9-10H,2H2,1H3;3-4,6-7H,2,5H2,1H3;6H,2-5H2,1H3;5H,2-4H2,1H3/t;;;;;;;;8-,10-;;;;/m........0..../s1. The third-order valence-corrected chi connectivity index (χ3v) is 24.6. The zero-order valence-corrected chi connectivity index (χ0v) is 82.9. The van der Waals surface area contributed by atoms with E-state index in [0.29, 0.717) is 12.0 Å². The molecule has 2 unspecified atom stereocenters. The van der Waals surface area contributed by atoms with Crippen molar-refractivity contribution < 1.29 is 35.8 Å². The number of para-hydroxylation sites is 3. The van der Waals surface area contributed by atoms with Gasteiger partial charge in [0.2, 0.25) is 0 Å². The topological polar surface area (TPSA) is 76.0 Å². The molecule has 10 aromatic carbocycles. The van der Waals surface area contributed by atoms with Gasteiger partial charge in [-0.25, -0.2) is 14.2 Å². The second-order valence-corrected chi connectivity index (χ2v) is 36.1. The molecular formula is C121H153F7N6O. The molecule has 5 aliphatic rings. The summed E-state index contributed by atoms with van der Waals surface area (Å²) in [4.78, 5) is 14.9. The Morgan fingerprint density at radius 3 is 1.58 bits per heavy atom. The summed E-state index contributed by atoms with van der Waals surface area (Å²) in [6, 6.07) is 88.8. The highest BCUT2D eigenvalue weighted by Crippen LogP contribution is 2.47. The summed E-state index contributed by atoms with van der Waals surface area (Å²) < 4.78 is 90.7. The predicted molar refractivity (Wildman–Crippen MR) is 556 cm³/mol. The minimum absolute atomic E-state index is 0.170. The molecule has 4 fully saturated rings. The molecule has 5 aliphatic carbocycles. The lowest BCUT2D eigenvalue weighted by Crippen LogP contribution is -2.18. The van der Waals surface area contributed by atoms with Gasteiger partial charge in [0.25, 0.3) is 0 Å². The van der Waals surface area contributed by atoms with Crippen LogP contribution in [0.1, 0.15) is 303 Å². The number of aliphatic hydroxyl groups excluding tert-OH is 1. The number of nitrogens with zero attached hydrogens (tertiary/aromatic N) is 5. The Morgan fingerprint density at radius 2 is 1.05 bits per heavy atom. The van der Waals surface area contributed by atoms with E-state index in [2.05, 4.69) is 238 Å². The van der Waals surface area contributed by atoms with Gasteiger partial charge < -0.3 is 19.2 Å². The highest BCUT2D eigenvalue weighted by atomic mass is 19.4. The van der Waals surface area contributed by atoms with Gasteiger partial charge in [0.05, 0.1) is 41.2 Å². The first-order valence-corrected chi connectivity index (χ1v) is 50.1. The first-order valence-electron chi connectivity index (χ1n) is 50.1. The van der Waals surface area contributed by atoms with Crippen molar-refractivity contribution in [2.45, 2.75) is 300 Å². The second-order valence-electron chi connectivity index (χ2n) is 36.1.